The van der Waals surface area contributed by atoms with Gasteiger partial charge in [-0.3, -0.25) is 9.78 Å². The summed E-state index contributed by atoms with van der Waals surface area (Å²) >= 11 is 0. The molecular formula is C24H20N2O3. The van der Waals surface area contributed by atoms with Gasteiger partial charge in [0.25, 0.3) is 0 Å². The third kappa shape index (κ3) is 3.55. The molecule has 0 unspecified atom stereocenters. The Bertz CT molecular complexity index is 1190. The van der Waals surface area contributed by atoms with Crippen LogP contribution < -0.4 is 0 Å². The Balaban J connectivity index is 1.88. The number of rotatable bonds is 5. The van der Waals surface area contributed by atoms with Crippen LogP contribution in [0.4, 0.5) is 0 Å². The number of ether oxygens (including phenoxy) is 1. The van der Waals surface area contributed by atoms with E-state index >= 15 is 0 Å². The lowest BCUT2D eigenvalue weighted by molar-refractivity contribution is 0.0529. The van der Waals surface area contributed by atoms with Gasteiger partial charge in [0.15, 0.2) is 0 Å². The maximum absolute atomic E-state index is 13.1. The molecule has 0 spiro atoms. The minimum atomic E-state index is -0.445. The van der Waals surface area contributed by atoms with E-state index in [1.807, 2.05) is 49.5 Å². The lowest BCUT2D eigenvalue weighted by Crippen LogP contribution is -2.05. The molecule has 1 aromatic carbocycles. The van der Waals surface area contributed by atoms with Crippen LogP contribution in [0.1, 0.15) is 38.9 Å². The quantitative estimate of drug-likeness (QED) is 0.369. The van der Waals surface area contributed by atoms with Crippen molar-refractivity contribution in [3.8, 4) is 11.1 Å². The molecule has 0 aliphatic rings. The maximum atomic E-state index is 13.1. The van der Waals surface area contributed by atoms with Crippen LogP contribution in [0.3, 0.4) is 0 Å². The van der Waals surface area contributed by atoms with Crippen LogP contribution in [0.5, 0.6) is 0 Å². The largest absolute Gasteiger partial charge is 0.462 e. The number of esters is 1. The van der Waals surface area contributed by atoms with Crippen molar-refractivity contribution < 1.29 is 14.3 Å². The molecule has 5 nitrogen and oxygen atoms in total. The Hall–Kier alpha value is -3.73. The average Bonchev–Trinajstić information content (AvgIpc) is 3.13. The fourth-order valence-electron chi connectivity index (χ4n) is 3.32. The molecule has 0 atom stereocenters. The number of hydrogen-bond donors (Lipinski definition) is 0. The number of aryl methyl sites for hydroxylation is 1. The normalized spacial score (nSPS) is 10.8. The second-order valence-corrected chi connectivity index (χ2v) is 6.77. The summed E-state index contributed by atoms with van der Waals surface area (Å²) in [4.78, 5) is 29.8. The van der Waals surface area contributed by atoms with Crippen LogP contribution in [0.15, 0.2) is 73.2 Å². The number of aromatic nitrogens is 2. The minimum Gasteiger partial charge on any atom is -0.462 e. The SMILES string of the molecule is CCOC(=O)c1cc(C(=O)c2ccc(C)cc2)n2ccc(-c3ccncc3)cc12. The standard InChI is InChI=1S/C24H20N2O3/c1-3-29-24(28)20-15-22(23(27)18-6-4-16(2)5-7-18)26-13-10-19(14-21(20)26)17-8-11-25-12-9-17/h4-15H,3H2,1-2H3. The number of fused-ring (bicyclic) bond motifs is 1. The van der Waals surface area contributed by atoms with Gasteiger partial charge in [-0.25, -0.2) is 4.79 Å². The Morgan fingerprint density at radius 1 is 0.966 bits per heavy atom. The summed E-state index contributed by atoms with van der Waals surface area (Å²) in [6.07, 6.45) is 5.25. The molecule has 4 rings (SSSR count). The van der Waals surface area contributed by atoms with Gasteiger partial charge in [0.05, 0.1) is 23.4 Å². The first-order chi connectivity index (χ1) is 14.1. The summed E-state index contributed by atoms with van der Waals surface area (Å²) in [5.41, 5.74) is 4.99. The van der Waals surface area contributed by atoms with E-state index in [0.717, 1.165) is 16.7 Å². The highest BCUT2D eigenvalue weighted by molar-refractivity contribution is 6.11. The smallest absolute Gasteiger partial charge is 0.340 e. The highest BCUT2D eigenvalue weighted by atomic mass is 16.5. The van der Waals surface area contributed by atoms with E-state index in [1.165, 1.54) is 0 Å². The zero-order valence-electron chi connectivity index (χ0n) is 16.3. The van der Waals surface area contributed by atoms with E-state index in [4.69, 9.17) is 4.74 Å². The van der Waals surface area contributed by atoms with Crippen molar-refractivity contribution >= 4 is 17.3 Å². The average molecular weight is 384 g/mol. The Labute approximate surface area is 168 Å². The lowest BCUT2D eigenvalue weighted by Gasteiger charge is -2.07. The maximum Gasteiger partial charge on any atom is 0.340 e. The monoisotopic (exact) mass is 384 g/mol. The first-order valence-electron chi connectivity index (χ1n) is 9.42. The molecule has 3 heterocycles. The van der Waals surface area contributed by atoms with E-state index in [2.05, 4.69) is 4.98 Å². The van der Waals surface area contributed by atoms with E-state index in [-0.39, 0.29) is 12.4 Å². The van der Waals surface area contributed by atoms with Crippen molar-refractivity contribution in [1.29, 1.82) is 0 Å². The van der Waals surface area contributed by atoms with Crippen molar-refractivity contribution in [3.05, 3.63) is 95.6 Å². The summed E-state index contributed by atoms with van der Waals surface area (Å²) in [7, 11) is 0. The zero-order valence-corrected chi connectivity index (χ0v) is 16.3. The molecule has 29 heavy (non-hydrogen) atoms. The molecular weight excluding hydrogens is 364 g/mol. The first-order valence-corrected chi connectivity index (χ1v) is 9.42. The van der Waals surface area contributed by atoms with E-state index in [1.54, 1.807) is 41.9 Å². The van der Waals surface area contributed by atoms with Crippen LogP contribution in [0, 0.1) is 6.92 Å². The van der Waals surface area contributed by atoms with Gasteiger partial charge in [0.1, 0.15) is 0 Å². The van der Waals surface area contributed by atoms with Crippen molar-refractivity contribution in [2.75, 3.05) is 6.61 Å². The van der Waals surface area contributed by atoms with Crippen molar-refractivity contribution in [1.82, 2.24) is 9.38 Å². The third-order valence-electron chi connectivity index (χ3n) is 4.83. The number of carbonyl (C=O) groups is 2. The number of nitrogens with zero attached hydrogens (tertiary/aromatic N) is 2. The summed E-state index contributed by atoms with van der Waals surface area (Å²) in [6, 6.07) is 16.6. The van der Waals surface area contributed by atoms with Gasteiger partial charge < -0.3 is 9.14 Å². The molecule has 0 aliphatic heterocycles. The molecule has 0 N–H and O–H groups in total. The number of carbonyl (C=O) groups excluding carboxylic acids is 2. The third-order valence-corrected chi connectivity index (χ3v) is 4.83. The highest BCUT2D eigenvalue weighted by Gasteiger charge is 2.21. The molecule has 144 valence electrons. The molecule has 3 aromatic heterocycles. The van der Waals surface area contributed by atoms with Gasteiger partial charge in [-0.2, -0.15) is 0 Å². The predicted octanol–water partition coefficient (Wildman–Crippen LogP) is 4.72. The molecule has 4 aromatic rings. The van der Waals surface area contributed by atoms with Crippen molar-refractivity contribution in [2.24, 2.45) is 0 Å². The molecule has 5 heteroatoms. The highest BCUT2D eigenvalue weighted by Crippen LogP contribution is 2.26. The van der Waals surface area contributed by atoms with Gasteiger partial charge >= 0.3 is 5.97 Å². The summed E-state index contributed by atoms with van der Waals surface area (Å²) in [5.74, 6) is -0.591. The van der Waals surface area contributed by atoms with Crippen LogP contribution in [0.2, 0.25) is 0 Å². The number of ketones is 1. The van der Waals surface area contributed by atoms with E-state index < -0.39 is 5.97 Å². The molecule has 0 bridgehead atoms. The van der Waals surface area contributed by atoms with Crippen LogP contribution in [0.25, 0.3) is 16.6 Å². The fourth-order valence-corrected chi connectivity index (χ4v) is 3.32. The van der Waals surface area contributed by atoms with Crippen LogP contribution in [-0.2, 0) is 4.74 Å². The molecule has 0 aliphatic carbocycles. The number of hydrogen-bond acceptors (Lipinski definition) is 4. The molecule has 0 radical (unpaired) electrons. The van der Waals surface area contributed by atoms with Gasteiger partial charge in [0, 0.05) is 24.2 Å². The second kappa shape index (κ2) is 7.72. The number of pyridine rings is 2. The summed E-state index contributed by atoms with van der Waals surface area (Å²) in [5, 5.41) is 0. The van der Waals surface area contributed by atoms with E-state index in [0.29, 0.717) is 22.3 Å². The minimum absolute atomic E-state index is 0.146. The fraction of sp³-hybridized carbons (Fsp3) is 0.125. The van der Waals surface area contributed by atoms with Crippen LogP contribution >= 0.6 is 0 Å². The molecule has 0 saturated carbocycles. The predicted molar refractivity (Wildman–Crippen MR) is 111 cm³/mol. The topological polar surface area (TPSA) is 60.7 Å². The zero-order chi connectivity index (χ0) is 20.4. The Morgan fingerprint density at radius 2 is 1.69 bits per heavy atom. The molecule has 0 fully saturated rings. The lowest BCUT2D eigenvalue weighted by atomic mass is 10.1. The first kappa shape index (κ1) is 18.6. The second-order valence-electron chi connectivity index (χ2n) is 6.77. The Morgan fingerprint density at radius 3 is 2.38 bits per heavy atom. The number of benzene rings is 1. The summed E-state index contributed by atoms with van der Waals surface area (Å²) < 4.78 is 6.97. The van der Waals surface area contributed by atoms with Gasteiger partial charge in [-0.15, -0.1) is 0 Å². The Kier molecular flexibility index (Phi) is 4.96. The molecule has 0 amide bonds. The van der Waals surface area contributed by atoms with E-state index in [9.17, 15) is 9.59 Å². The van der Waals surface area contributed by atoms with Crippen LogP contribution in [-0.4, -0.2) is 27.7 Å². The van der Waals surface area contributed by atoms with Gasteiger partial charge in [-0.1, -0.05) is 29.8 Å². The van der Waals surface area contributed by atoms with Crippen molar-refractivity contribution in [3.63, 3.8) is 0 Å². The van der Waals surface area contributed by atoms with Gasteiger partial charge in [0.2, 0.25) is 5.78 Å². The summed E-state index contributed by atoms with van der Waals surface area (Å²) in [6.45, 7) is 4.00. The van der Waals surface area contributed by atoms with Gasteiger partial charge in [-0.05, 0) is 55.3 Å². The van der Waals surface area contributed by atoms with Crippen molar-refractivity contribution in [2.45, 2.75) is 13.8 Å². The molecule has 0 saturated heterocycles.